The highest BCUT2D eigenvalue weighted by Crippen LogP contribution is 2.10. The van der Waals surface area contributed by atoms with Crippen molar-refractivity contribution in [3.05, 3.63) is 35.9 Å². The second-order valence-corrected chi connectivity index (χ2v) is 4.92. The Kier molecular flexibility index (Phi) is 5.63. The van der Waals surface area contributed by atoms with Gasteiger partial charge in [0.2, 0.25) is 5.91 Å². The molecule has 1 aliphatic heterocycles. The molecule has 1 aromatic rings. The highest BCUT2D eigenvalue weighted by atomic mass is 35.5. The highest BCUT2D eigenvalue weighted by molar-refractivity contribution is 6.27. The molecule has 0 aliphatic carbocycles. The van der Waals surface area contributed by atoms with Gasteiger partial charge in [-0.25, -0.2) is 0 Å². The summed E-state index contributed by atoms with van der Waals surface area (Å²) in [6, 6.07) is 10.4. The van der Waals surface area contributed by atoms with Gasteiger partial charge in [-0.3, -0.25) is 9.69 Å². The molecule has 1 saturated heterocycles. The van der Waals surface area contributed by atoms with Gasteiger partial charge in [0.05, 0.1) is 12.7 Å². The number of hydrogen-bond donors (Lipinski definition) is 1. The lowest BCUT2D eigenvalue weighted by Crippen LogP contribution is -2.47. The Labute approximate surface area is 118 Å². The molecule has 1 amide bonds. The van der Waals surface area contributed by atoms with Crippen LogP contribution < -0.4 is 5.32 Å². The summed E-state index contributed by atoms with van der Waals surface area (Å²) in [5.41, 5.74) is 1.30. The number of benzene rings is 1. The minimum Gasteiger partial charge on any atom is -0.374 e. The molecule has 0 radical (unpaired) electrons. The molecule has 0 bridgehead atoms. The molecule has 104 valence electrons. The topological polar surface area (TPSA) is 41.6 Å². The fourth-order valence-electron chi connectivity index (χ4n) is 2.16. The third-order valence-electron chi connectivity index (χ3n) is 3.12. The zero-order chi connectivity index (χ0) is 13.5. The number of alkyl halides is 1. The number of nitrogens with zero attached hydrogens (tertiary/aromatic N) is 1. The Hall–Kier alpha value is -1.10. The van der Waals surface area contributed by atoms with E-state index in [0.717, 1.165) is 19.6 Å². The smallest absolute Gasteiger partial charge is 0.235 e. The Bertz CT molecular complexity index is 400. The van der Waals surface area contributed by atoms with Gasteiger partial charge in [0.25, 0.3) is 0 Å². The van der Waals surface area contributed by atoms with Gasteiger partial charge in [0, 0.05) is 26.2 Å². The van der Waals surface area contributed by atoms with Gasteiger partial charge in [0.1, 0.15) is 5.88 Å². The van der Waals surface area contributed by atoms with E-state index in [1.165, 1.54) is 5.56 Å². The first-order valence-electron chi connectivity index (χ1n) is 6.48. The lowest BCUT2D eigenvalue weighted by Gasteiger charge is -2.33. The van der Waals surface area contributed by atoms with Gasteiger partial charge in [0.15, 0.2) is 0 Å². The van der Waals surface area contributed by atoms with Crippen LogP contribution in [-0.2, 0) is 16.1 Å². The normalized spacial score (nSPS) is 20.2. The van der Waals surface area contributed by atoms with Crippen molar-refractivity contribution in [3.63, 3.8) is 0 Å². The van der Waals surface area contributed by atoms with Gasteiger partial charge in [-0.15, -0.1) is 11.6 Å². The van der Waals surface area contributed by atoms with E-state index in [9.17, 15) is 4.79 Å². The van der Waals surface area contributed by atoms with Gasteiger partial charge in [-0.1, -0.05) is 30.3 Å². The molecular formula is C14H19ClN2O2. The van der Waals surface area contributed by atoms with E-state index in [-0.39, 0.29) is 17.9 Å². The van der Waals surface area contributed by atoms with Crippen molar-refractivity contribution in [1.82, 2.24) is 10.2 Å². The zero-order valence-corrected chi connectivity index (χ0v) is 11.6. The fourth-order valence-corrected chi connectivity index (χ4v) is 2.26. The summed E-state index contributed by atoms with van der Waals surface area (Å²) >= 11 is 5.44. The van der Waals surface area contributed by atoms with E-state index in [2.05, 4.69) is 22.3 Å². The largest absolute Gasteiger partial charge is 0.374 e. The second kappa shape index (κ2) is 7.48. The zero-order valence-electron chi connectivity index (χ0n) is 10.8. The summed E-state index contributed by atoms with van der Waals surface area (Å²) in [6.07, 6.45) is 0.0460. The number of ether oxygens (including phenoxy) is 1. The third-order valence-corrected chi connectivity index (χ3v) is 3.36. The third kappa shape index (κ3) is 4.82. The van der Waals surface area contributed by atoms with Crippen LogP contribution in [0.5, 0.6) is 0 Å². The van der Waals surface area contributed by atoms with Crippen LogP contribution in [0.2, 0.25) is 0 Å². The fraction of sp³-hybridized carbons (Fsp3) is 0.500. The van der Waals surface area contributed by atoms with Crippen molar-refractivity contribution in [1.29, 1.82) is 0 Å². The van der Waals surface area contributed by atoms with E-state index < -0.39 is 0 Å². The molecule has 1 heterocycles. The number of amides is 1. The van der Waals surface area contributed by atoms with E-state index in [0.29, 0.717) is 13.2 Å². The number of hydrogen-bond acceptors (Lipinski definition) is 3. The minimum atomic E-state index is -0.148. The van der Waals surface area contributed by atoms with Crippen molar-refractivity contribution in [2.75, 3.05) is 32.1 Å². The number of nitrogens with one attached hydrogen (secondary N) is 1. The van der Waals surface area contributed by atoms with Crippen LogP contribution in [0.3, 0.4) is 0 Å². The molecule has 1 aliphatic rings. The van der Waals surface area contributed by atoms with Crippen molar-refractivity contribution in [2.45, 2.75) is 12.6 Å². The molecule has 1 fully saturated rings. The lowest BCUT2D eigenvalue weighted by atomic mass is 10.2. The number of carbonyl (C=O) groups is 1. The van der Waals surface area contributed by atoms with Crippen LogP contribution in [0.4, 0.5) is 0 Å². The standard InChI is InChI=1S/C14H19ClN2O2/c15-8-14(18)16-9-13-11-17(6-7-19-13)10-12-4-2-1-3-5-12/h1-5,13H,6-11H2,(H,16,18)/t13-/m1/s1. The van der Waals surface area contributed by atoms with Crippen LogP contribution in [0, 0.1) is 0 Å². The van der Waals surface area contributed by atoms with Gasteiger partial charge in [-0.2, -0.15) is 0 Å². The number of rotatable bonds is 5. The quantitative estimate of drug-likeness (QED) is 0.827. The van der Waals surface area contributed by atoms with Crippen molar-refractivity contribution < 1.29 is 9.53 Å². The molecule has 1 aromatic carbocycles. The molecule has 0 aromatic heterocycles. The first-order valence-corrected chi connectivity index (χ1v) is 7.02. The molecule has 1 atom stereocenters. The predicted molar refractivity (Wildman–Crippen MR) is 75.2 cm³/mol. The average Bonchev–Trinajstić information content (AvgIpc) is 2.46. The first-order chi connectivity index (χ1) is 9.28. The van der Waals surface area contributed by atoms with Gasteiger partial charge in [-0.05, 0) is 5.56 Å². The molecule has 1 N–H and O–H groups in total. The summed E-state index contributed by atoms with van der Waals surface area (Å²) in [5, 5.41) is 2.76. The SMILES string of the molecule is O=C(CCl)NC[C@@H]1CN(Cc2ccccc2)CCO1. The van der Waals surface area contributed by atoms with E-state index >= 15 is 0 Å². The molecule has 0 spiro atoms. The lowest BCUT2D eigenvalue weighted by molar-refractivity contribution is -0.119. The Balaban J connectivity index is 1.79. The minimum absolute atomic E-state index is 0.000446. The van der Waals surface area contributed by atoms with Crippen LogP contribution in [-0.4, -0.2) is 49.0 Å². The first kappa shape index (κ1) is 14.3. The van der Waals surface area contributed by atoms with E-state index in [1.54, 1.807) is 0 Å². The molecule has 4 nitrogen and oxygen atoms in total. The second-order valence-electron chi connectivity index (χ2n) is 4.65. The van der Waals surface area contributed by atoms with Crippen molar-refractivity contribution >= 4 is 17.5 Å². The Morgan fingerprint density at radius 2 is 2.21 bits per heavy atom. The number of halogens is 1. The van der Waals surface area contributed by atoms with Gasteiger partial charge >= 0.3 is 0 Å². The number of carbonyl (C=O) groups excluding carboxylic acids is 1. The van der Waals surface area contributed by atoms with Crippen LogP contribution in [0.15, 0.2) is 30.3 Å². The monoisotopic (exact) mass is 282 g/mol. The van der Waals surface area contributed by atoms with Crippen LogP contribution in [0.1, 0.15) is 5.56 Å². The maximum Gasteiger partial charge on any atom is 0.235 e. The predicted octanol–water partition coefficient (Wildman–Crippen LogP) is 1.24. The summed E-state index contributed by atoms with van der Waals surface area (Å²) in [5.74, 6) is -0.147. The summed E-state index contributed by atoms with van der Waals surface area (Å²) in [4.78, 5) is 13.5. The number of morpholine rings is 1. The summed E-state index contributed by atoms with van der Waals surface area (Å²) in [6.45, 7) is 3.90. The van der Waals surface area contributed by atoms with E-state index in [1.807, 2.05) is 18.2 Å². The van der Waals surface area contributed by atoms with Gasteiger partial charge < -0.3 is 10.1 Å². The average molecular weight is 283 g/mol. The highest BCUT2D eigenvalue weighted by Gasteiger charge is 2.20. The molecule has 0 saturated carbocycles. The Morgan fingerprint density at radius 1 is 1.42 bits per heavy atom. The summed E-state index contributed by atoms with van der Waals surface area (Å²) < 4.78 is 5.64. The maximum absolute atomic E-state index is 11.1. The molecule has 19 heavy (non-hydrogen) atoms. The van der Waals surface area contributed by atoms with Crippen LogP contribution in [0.25, 0.3) is 0 Å². The molecule has 2 rings (SSSR count). The molecule has 0 unspecified atom stereocenters. The maximum atomic E-state index is 11.1. The van der Waals surface area contributed by atoms with E-state index in [4.69, 9.17) is 16.3 Å². The summed E-state index contributed by atoms with van der Waals surface area (Å²) in [7, 11) is 0. The van der Waals surface area contributed by atoms with Crippen molar-refractivity contribution in [2.24, 2.45) is 0 Å². The van der Waals surface area contributed by atoms with Crippen LogP contribution >= 0.6 is 11.6 Å². The molecule has 5 heteroatoms. The Morgan fingerprint density at radius 3 is 2.95 bits per heavy atom. The van der Waals surface area contributed by atoms with Crippen molar-refractivity contribution in [3.8, 4) is 0 Å². The molecular weight excluding hydrogens is 264 g/mol.